The Kier molecular flexibility index (Phi) is 3.90. The van der Waals surface area contributed by atoms with Crippen molar-refractivity contribution in [1.82, 2.24) is 5.32 Å². The van der Waals surface area contributed by atoms with Gasteiger partial charge >= 0.3 is 12.0 Å². The van der Waals surface area contributed by atoms with Gasteiger partial charge in [0.25, 0.3) is 0 Å². The summed E-state index contributed by atoms with van der Waals surface area (Å²) >= 11 is 5.76. The Bertz CT molecular complexity index is 553. The third kappa shape index (κ3) is 3.42. The Morgan fingerprint density at radius 1 is 1.35 bits per heavy atom. The fraction of sp³-hybridized carbons (Fsp3) is 0.429. The predicted octanol–water partition coefficient (Wildman–Crippen LogP) is 3.35. The first-order chi connectivity index (χ1) is 9.29. The normalized spacial score (nSPS) is 14.8. The molecule has 0 aliphatic heterocycles. The van der Waals surface area contributed by atoms with Crippen molar-refractivity contribution in [2.24, 2.45) is 5.92 Å². The average Bonchev–Trinajstić information content (AvgIpc) is 3.14. The van der Waals surface area contributed by atoms with Crippen molar-refractivity contribution in [1.29, 1.82) is 0 Å². The molecule has 1 saturated carbocycles. The Balaban J connectivity index is 2.09. The van der Waals surface area contributed by atoms with Crippen LogP contribution in [0.4, 0.5) is 10.5 Å². The summed E-state index contributed by atoms with van der Waals surface area (Å²) < 4.78 is 0. The Morgan fingerprint density at radius 2 is 2.00 bits per heavy atom. The second-order valence-electron chi connectivity index (χ2n) is 5.57. The van der Waals surface area contributed by atoms with Crippen LogP contribution in [0, 0.1) is 5.92 Å². The standard InChI is InChI=1S/C14H17ClN2O3/c1-14(2,8-3-4-8)17-13(20)16-11-6-5-9(15)7-10(11)12(18)19/h5-8H,3-4H2,1-2H3,(H,18,19)(H2,16,17,20). The zero-order valence-electron chi connectivity index (χ0n) is 11.4. The number of hydrogen-bond donors (Lipinski definition) is 3. The maximum absolute atomic E-state index is 12.0. The molecular formula is C14H17ClN2O3. The molecule has 3 N–H and O–H groups in total. The molecule has 108 valence electrons. The van der Waals surface area contributed by atoms with Crippen molar-refractivity contribution in [3.63, 3.8) is 0 Å². The highest BCUT2D eigenvalue weighted by atomic mass is 35.5. The van der Waals surface area contributed by atoms with Crippen LogP contribution in [0.1, 0.15) is 37.0 Å². The molecule has 1 aliphatic carbocycles. The molecule has 0 radical (unpaired) electrons. The third-order valence-corrected chi connectivity index (χ3v) is 3.73. The smallest absolute Gasteiger partial charge is 0.337 e. The number of aromatic carboxylic acids is 1. The average molecular weight is 297 g/mol. The summed E-state index contributed by atoms with van der Waals surface area (Å²) in [5.41, 5.74) is -0.0947. The van der Waals surface area contributed by atoms with Crippen LogP contribution in [-0.2, 0) is 0 Å². The number of carbonyl (C=O) groups excluding carboxylic acids is 1. The van der Waals surface area contributed by atoms with Gasteiger partial charge in [-0.2, -0.15) is 0 Å². The summed E-state index contributed by atoms with van der Waals surface area (Å²) in [4.78, 5) is 23.1. The number of nitrogens with one attached hydrogen (secondary N) is 2. The molecule has 20 heavy (non-hydrogen) atoms. The topological polar surface area (TPSA) is 78.4 Å². The number of halogens is 1. The van der Waals surface area contributed by atoms with E-state index in [2.05, 4.69) is 10.6 Å². The number of benzene rings is 1. The molecule has 0 aromatic heterocycles. The molecule has 2 amide bonds. The van der Waals surface area contributed by atoms with Gasteiger partial charge in [0.15, 0.2) is 0 Å². The van der Waals surface area contributed by atoms with Crippen molar-refractivity contribution >= 4 is 29.3 Å². The van der Waals surface area contributed by atoms with E-state index >= 15 is 0 Å². The Morgan fingerprint density at radius 3 is 2.55 bits per heavy atom. The summed E-state index contributed by atoms with van der Waals surface area (Å²) in [6.45, 7) is 3.93. The number of amides is 2. The highest BCUT2D eigenvalue weighted by molar-refractivity contribution is 6.31. The molecule has 0 bridgehead atoms. The molecule has 0 spiro atoms. The largest absolute Gasteiger partial charge is 0.478 e. The highest BCUT2D eigenvalue weighted by Crippen LogP contribution is 2.39. The molecular weight excluding hydrogens is 280 g/mol. The zero-order valence-corrected chi connectivity index (χ0v) is 12.1. The number of urea groups is 1. The first-order valence-electron chi connectivity index (χ1n) is 6.41. The molecule has 5 nitrogen and oxygen atoms in total. The minimum absolute atomic E-state index is 0.0307. The van der Waals surface area contributed by atoms with E-state index in [0.717, 1.165) is 12.8 Å². The fourth-order valence-electron chi connectivity index (χ4n) is 2.16. The monoisotopic (exact) mass is 296 g/mol. The lowest BCUT2D eigenvalue weighted by Gasteiger charge is -2.26. The number of rotatable bonds is 4. The number of hydrogen-bond acceptors (Lipinski definition) is 2. The molecule has 0 atom stereocenters. The molecule has 1 aromatic rings. The minimum atomic E-state index is -1.13. The summed E-state index contributed by atoms with van der Waals surface area (Å²) in [7, 11) is 0. The van der Waals surface area contributed by atoms with Crippen LogP contribution in [0.25, 0.3) is 0 Å². The van der Waals surface area contributed by atoms with E-state index in [9.17, 15) is 9.59 Å². The van der Waals surface area contributed by atoms with Crippen molar-refractivity contribution in [2.75, 3.05) is 5.32 Å². The van der Waals surface area contributed by atoms with E-state index in [1.54, 1.807) is 0 Å². The van der Waals surface area contributed by atoms with Gasteiger partial charge in [0, 0.05) is 10.6 Å². The van der Waals surface area contributed by atoms with Gasteiger partial charge in [-0.3, -0.25) is 0 Å². The van der Waals surface area contributed by atoms with Gasteiger partial charge in [-0.05, 0) is 50.8 Å². The number of carboxylic acid groups (broad SMARTS) is 1. The Labute approximate surface area is 122 Å². The SMILES string of the molecule is CC(C)(NC(=O)Nc1ccc(Cl)cc1C(=O)O)C1CC1. The summed E-state index contributed by atoms with van der Waals surface area (Å²) in [6, 6.07) is 3.92. The first-order valence-corrected chi connectivity index (χ1v) is 6.79. The third-order valence-electron chi connectivity index (χ3n) is 3.49. The maximum Gasteiger partial charge on any atom is 0.337 e. The van der Waals surface area contributed by atoms with Crippen LogP contribution in [0.3, 0.4) is 0 Å². The first kappa shape index (κ1) is 14.7. The zero-order chi connectivity index (χ0) is 14.9. The maximum atomic E-state index is 12.0. The van der Waals surface area contributed by atoms with Crippen molar-refractivity contribution in [3.05, 3.63) is 28.8 Å². The molecule has 6 heteroatoms. The molecule has 0 unspecified atom stereocenters. The molecule has 1 aliphatic rings. The molecule has 0 heterocycles. The van der Waals surface area contributed by atoms with Gasteiger partial charge in [0.1, 0.15) is 0 Å². The fourth-order valence-corrected chi connectivity index (χ4v) is 2.33. The summed E-state index contributed by atoms with van der Waals surface area (Å²) in [5.74, 6) is -0.651. The van der Waals surface area contributed by atoms with Gasteiger partial charge in [0.05, 0.1) is 11.3 Å². The van der Waals surface area contributed by atoms with Crippen molar-refractivity contribution < 1.29 is 14.7 Å². The van der Waals surface area contributed by atoms with Crippen LogP contribution < -0.4 is 10.6 Å². The molecule has 2 rings (SSSR count). The minimum Gasteiger partial charge on any atom is -0.478 e. The second-order valence-corrected chi connectivity index (χ2v) is 6.01. The molecule has 1 aromatic carbocycles. The van der Waals surface area contributed by atoms with Crippen molar-refractivity contribution in [2.45, 2.75) is 32.2 Å². The van der Waals surface area contributed by atoms with E-state index < -0.39 is 12.0 Å². The Hall–Kier alpha value is -1.75. The lowest BCUT2D eigenvalue weighted by Crippen LogP contribution is -2.47. The van der Waals surface area contributed by atoms with Crippen LogP contribution in [0.5, 0.6) is 0 Å². The van der Waals surface area contributed by atoms with E-state index in [1.165, 1.54) is 18.2 Å². The predicted molar refractivity (Wildman–Crippen MR) is 77.4 cm³/mol. The van der Waals surface area contributed by atoms with Gasteiger partial charge in [0.2, 0.25) is 0 Å². The van der Waals surface area contributed by atoms with Crippen LogP contribution in [0.15, 0.2) is 18.2 Å². The molecule has 0 saturated heterocycles. The van der Waals surface area contributed by atoms with Crippen LogP contribution in [-0.4, -0.2) is 22.6 Å². The van der Waals surface area contributed by atoms with Crippen molar-refractivity contribution in [3.8, 4) is 0 Å². The van der Waals surface area contributed by atoms with Crippen LogP contribution in [0.2, 0.25) is 5.02 Å². The number of anilines is 1. The number of carboxylic acids is 1. The van der Waals surface area contributed by atoms with Gasteiger partial charge in [-0.25, -0.2) is 9.59 Å². The van der Waals surface area contributed by atoms with Gasteiger partial charge in [-0.1, -0.05) is 11.6 Å². The summed E-state index contributed by atoms with van der Waals surface area (Å²) in [6.07, 6.45) is 2.21. The van der Waals surface area contributed by atoms with E-state index in [1.807, 2.05) is 13.8 Å². The van der Waals surface area contributed by atoms with E-state index in [0.29, 0.717) is 10.9 Å². The lowest BCUT2D eigenvalue weighted by molar-refractivity contribution is 0.0698. The van der Waals surface area contributed by atoms with Crippen LogP contribution >= 0.6 is 11.6 Å². The molecule has 1 fully saturated rings. The van der Waals surface area contributed by atoms with Gasteiger partial charge < -0.3 is 15.7 Å². The lowest BCUT2D eigenvalue weighted by atomic mass is 9.99. The quantitative estimate of drug-likeness (QED) is 0.797. The summed E-state index contributed by atoms with van der Waals surface area (Å²) in [5, 5.41) is 14.9. The number of carbonyl (C=O) groups is 2. The van der Waals surface area contributed by atoms with E-state index in [4.69, 9.17) is 16.7 Å². The van der Waals surface area contributed by atoms with E-state index in [-0.39, 0.29) is 16.8 Å². The highest BCUT2D eigenvalue weighted by Gasteiger charge is 2.38. The second kappa shape index (κ2) is 5.32. The van der Waals surface area contributed by atoms with Gasteiger partial charge in [-0.15, -0.1) is 0 Å².